The summed E-state index contributed by atoms with van der Waals surface area (Å²) < 4.78 is 0. The van der Waals surface area contributed by atoms with Gasteiger partial charge in [0.15, 0.2) is 0 Å². The van der Waals surface area contributed by atoms with Gasteiger partial charge in [0, 0.05) is 30.6 Å². The van der Waals surface area contributed by atoms with Crippen molar-refractivity contribution in [2.24, 2.45) is 5.73 Å². The Hall–Kier alpha value is -4.43. The number of rotatable bonds is 11. The average molecular weight is 604 g/mol. The number of hydrogen-bond donors (Lipinski definition) is 6. The molecule has 0 radical (unpaired) electrons. The van der Waals surface area contributed by atoms with E-state index in [9.17, 15) is 29.4 Å². The number of aliphatic hydroxyl groups excluding tert-OH is 1. The molecule has 2 saturated heterocycles. The molecule has 5 rings (SSSR count). The van der Waals surface area contributed by atoms with Crippen LogP contribution in [0.4, 0.5) is 5.69 Å². The molecule has 13 heteroatoms. The number of carboxylic acids is 1. The molecular weight excluding hydrogens is 566 g/mol. The number of para-hydroxylation sites is 1. The van der Waals surface area contributed by atoms with E-state index in [1.165, 1.54) is 16.2 Å². The van der Waals surface area contributed by atoms with E-state index in [0.29, 0.717) is 24.2 Å². The molecule has 0 saturated carbocycles. The normalized spacial score (nSPS) is 22.4. The highest BCUT2D eigenvalue weighted by atomic mass is 16.4. The second-order valence-corrected chi connectivity index (χ2v) is 11.2. The maximum atomic E-state index is 14.1. The van der Waals surface area contributed by atoms with E-state index in [4.69, 9.17) is 5.73 Å². The molecule has 2 fully saturated rings. The topological polar surface area (TPSA) is 190 Å². The van der Waals surface area contributed by atoms with Crippen LogP contribution in [0.15, 0.2) is 66.9 Å². The van der Waals surface area contributed by atoms with E-state index < -0.39 is 42.0 Å². The van der Waals surface area contributed by atoms with Crippen molar-refractivity contribution >= 4 is 40.3 Å². The third kappa shape index (κ3) is 7.19. The van der Waals surface area contributed by atoms with Crippen LogP contribution < -0.4 is 26.7 Å². The monoisotopic (exact) mass is 603 g/mol. The first-order chi connectivity index (χ1) is 21.2. The van der Waals surface area contributed by atoms with Crippen LogP contribution in [0.2, 0.25) is 0 Å². The molecule has 1 aromatic heterocycles. The van der Waals surface area contributed by atoms with Crippen molar-refractivity contribution in [3.63, 3.8) is 0 Å². The predicted molar refractivity (Wildman–Crippen MR) is 162 cm³/mol. The summed E-state index contributed by atoms with van der Waals surface area (Å²) in [6.45, 7) is 0.173. The third-order valence-corrected chi connectivity index (χ3v) is 8.02. The molecule has 2 aliphatic rings. The fourth-order valence-corrected chi connectivity index (χ4v) is 5.79. The maximum absolute atomic E-state index is 14.1. The highest BCUT2D eigenvalue weighted by molar-refractivity contribution is 5.99. The number of carboxylic acid groups (broad SMARTS) is 1. The van der Waals surface area contributed by atoms with Crippen molar-refractivity contribution in [2.75, 3.05) is 24.6 Å². The number of hydrogen-bond acceptors (Lipinski definition) is 9. The molecule has 2 aromatic carbocycles. The minimum atomic E-state index is -1.28. The van der Waals surface area contributed by atoms with Crippen molar-refractivity contribution in [3.05, 3.63) is 72.4 Å². The first-order valence-electron chi connectivity index (χ1n) is 14.7. The van der Waals surface area contributed by atoms with Crippen LogP contribution in [-0.4, -0.2) is 93.8 Å². The van der Waals surface area contributed by atoms with Gasteiger partial charge in [-0.2, -0.15) is 5.01 Å². The van der Waals surface area contributed by atoms with Crippen LogP contribution in [-0.2, 0) is 25.6 Å². The Kier molecular flexibility index (Phi) is 9.80. The van der Waals surface area contributed by atoms with Gasteiger partial charge in [0.25, 0.3) is 5.91 Å². The molecule has 13 nitrogen and oxygen atoms in total. The molecule has 0 bridgehead atoms. The van der Waals surface area contributed by atoms with Gasteiger partial charge in [0.1, 0.15) is 12.1 Å². The largest absolute Gasteiger partial charge is 0.480 e. The third-order valence-electron chi connectivity index (χ3n) is 8.02. The zero-order chi connectivity index (χ0) is 31.2. The van der Waals surface area contributed by atoms with Gasteiger partial charge in [-0.3, -0.25) is 24.2 Å². The zero-order valence-electron chi connectivity index (χ0n) is 24.1. The standard InChI is InChI=1S/C31H37N7O6/c32-15-28(40)35-21-13-25(33-16-21)30(42)38(23-12-20-8-4-5-9-24(20)34-17-23)37-18-22(14-26(37)31(43)44)36-29(41)27(39)11-10-19-6-2-1-3-7-19/h1-9,12,17,21-22,25-27,33,39H,10-11,13-16,18,32H2,(H,35,40)(H,36,41)(H,43,44)/t21?,22?,25-,26+,27-/m1/s1. The number of nitrogens with zero attached hydrogens (tertiary/aromatic N) is 3. The summed E-state index contributed by atoms with van der Waals surface area (Å²) in [7, 11) is 0. The number of benzene rings is 2. The van der Waals surface area contributed by atoms with E-state index in [-0.39, 0.29) is 44.3 Å². The molecule has 0 aliphatic carbocycles. The van der Waals surface area contributed by atoms with Crippen LogP contribution in [0.1, 0.15) is 24.8 Å². The smallest absolute Gasteiger partial charge is 0.322 e. The number of fused-ring (bicyclic) bond motifs is 1. The number of amides is 3. The van der Waals surface area contributed by atoms with Crippen LogP contribution in [0.5, 0.6) is 0 Å². The molecule has 0 spiro atoms. The summed E-state index contributed by atoms with van der Waals surface area (Å²) in [5.41, 5.74) is 7.49. The number of carbonyl (C=O) groups is 4. The number of aliphatic hydroxyl groups is 1. The van der Waals surface area contributed by atoms with Crippen molar-refractivity contribution in [3.8, 4) is 0 Å². The minimum Gasteiger partial charge on any atom is -0.480 e. The molecule has 3 aromatic rings. The van der Waals surface area contributed by atoms with Gasteiger partial charge in [-0.25, -0.2) is 5.01 Å². The number of pyridine rings is 1. The van der Waals surface area contributed by atoms with E-state index in [2.05, 4.69) is 20.9 Å². The van der Waals surface area contributed by atoms with E-state index in [1.807, 2.05) is 54.6 Å². The first kappa shape index (κ1) is 31.0. The second-order valence-electron chi connectivity index (χ2n) is 11.2. The summed E-state index contributed by atoms with van der Waals surface area (Å²) in [5.74, 6) is -2.52. The van der Waals surface area contributed by atoms with Crippen molar-refractivity contribution in [1.29, 1.82) is 0 Å². The number of aromatic nitrogens is 1. The quantitative estimate of drug-likeness (QED) is 0.173. The van der Waals surface area contributed by atoms with Crippen LogP contribution in [0, 0.1) is 0 Å². The fourth-order valence-electron chi connectivity index (χ4n) is 5.79. The predicted octanol–water partition coefficient (Wildman–Crippen LogP) is -0.0744. The molecule has 3 amide bonds. The lowest BCUT2D eigenvalue weighted by atomic mass is 10.1. The number of nitrogens with one attached hydrogen (secondary N) is 3. The van der Waals surface area contributed by atoms with Crippen LogP contribution >= 0.6 is 0 Å². The van der Waals surface area contributed by atoms with E-state index >= 15 is 0 Å². The molecule has 2 aliphatic heterocycles. The SMILES string of the molecule is NCC(=O)NC1CN[C@@H](C(=O)N(c2cnc3ccccc3c2)N2CC(NC(=O)[C@H](O)CCc3ccccc3)C[C@H]2C(=O)O)C1. The van der Waals surface area contributed by atoms with Gasteiger partial charge >= 0.3 is 5.97 Å². The fraction of sp³-hybridized carbons (Fsp3) is 0.387. The molecule has 2 unspecified atom stereocenters. The lowest BCUT2D eigenvalue weighted by Crippen LogP contribution is -2.56. The highest BCUT2D eigenvalue weighted by Gasteiger charge is 2.45. The van der Waals surface area contributed by atoms with E-state index in [0.717, 1.165) is 10.9 Å². The second kappa shape index (κ2) is 13.9. The summed E-state index contributed by atoms with van der Waals surface area (Å²) in [4.78, 5) is 55.9. The Balaban J connectivity index is 1.36. The average Bonchev–Trinajstić information content (AvgIpc) is 3.67. The number of aliphatic carboxylic acids is 1. The Bertz CT molecular complexity index is 1510. The van der Waals surface area contributed by atoms with Crippen molar-refractivity contribution < 1.29 is 29.4 Å². The summed E-state index contributed by atoms with van der Waals surface area (Å²) in [6.07, 6.45) is 1.24. The molecule has 7 N–H and O–H groups in total. The van der Waals surface area contributed by atoms with Crippen LogP contribution in [0.3, 0.4) is 0 Å². The lowest BCUT2D eigenvalue weighted by molar-refractivity contribution is -0.143. The van der Waals surface area contributed by atoms with Gasteiger partial charge in [-0.1, -0.05) is 48.5 Å². The highest BCUT2D eigenvalue weighted by Crippen LogP contribution is 2.29. The van der Waals surface area contributed by atoms with Gasteiger partial charge in [-0.15, -0.1) is 0 Å². The van der Waals surface area contributed by atoms with Crippen LogP contribution in [0.25, 0.3) is 10.9 Å². The van der Waals surface area contributed by atoms with Gasteiger partial charge in [0.2, 0.25) is 11.8 Å². The van der Waals surface area contributed by atoms with E-state index in [1.54, 1.807) is 6.07 Å². The maximum Gasteiger partial charge on any atom is 0.322 e. The molecule has 44 heavy (non-hydrogen) atoms. The first-order valence-corrected chi connectivity index (χ1v) is 14.7. The Morgan fingerprint density at radius 3 is 2.55 bits per heavy atom. The van der Waals surface area contributed by atoms with Gasteiger partial charge in [-0.05, 0) is 43.4 Å². The number of carbonyl (C=O) groups excluding carboxylic acids is 3. The van der Waals surface area contributed by atoms with Gasteiger partial charge in [0.05, 0.1) is 30.0 Å². The lowest BCUT2D eigenvalue weighted by Gasteiger charge is -2.36. The van der Waals surface area contributed by atoms with Crippen molar-refractivity contribution in [1.82, 2.24) is 25.9 Å². The Morgan fingerprint density at radius 1 is 1.05 bits per heavy atom. The molecule has 3 heterocycles. The number of anilines is 1. The summed E-state index contributed by atoms with van der Waals surface area (Å²) >= 11 is 0. The minimum absolute atomic E-state index is 0.00668. The number of hydrazine groups is 1. The Labute approximate surface area is 254 Å². The molecular formula is C31H37N7O6. The number of aryl methyl sites for hydroxylation is 1. The number of nitrogens with two attached hydrogens (primary N) is 1. The zero-order valence-corrected chi connectivity index (χ0v) is 24.1. The Morgan fingerprint density at radius 2 is 1.80 bits per heavy atom. The summed E-state index contributed by atoms with van der Waals surface area (Å²) in [5, 5.41) is 33.0. The van der Waals surface area contributed by atoms with Gasteiger partial charge < -0.3 is 31.9 Å². The molecule has 232 valence electrons. The van der Waals surface area contributed by atoms with Crippen molar-refractivity contribution in [2.45, 2.75) is 56.0 Å². The summed E-state index contributed by atoms with van der Waals surface area (Å²) in [6, 6.07) is 15.8. The molecule has 5 atom stereocenters.